The molecule has 1 aliphatic heterocycles. The largest absolute Gasteiger partial charge is 0.508 e. The highest BCUT2D eigenvalue weighted by Crippen LogP contribution is 2.28. The minimum Gasteiger partial charge on any atom is -0.508 e. The summed E-state index contributed by atoms with van der Waals surface area (Å²) < 4.78 is 0. The first-order valence-electron chi connectivity index (χ1n) is 6.89. The van der Waals surface area contributed by atoms with Crippen LogP contribution in [0.15, 0.2) is 18.2 Å². The quantitative estimate of drug-likeness (QED) is 0.893. The fourth-order valence-electron chi connectivity index (χ4n) is 2.72. The van der Waals surface area contributed by atoms with Crippen molar-refractivity contribution in [3.63, 3.8) is 0 Å². The molecule has 100 valence electrons. The van der Waals surface area contributed by atoms with Crippen LogP contribution in [0.4, 0.5) is 0 Å². The van der Waals surface area contributed by atoms with E-state index in [1.807, 2.05) is 6.07 Å². The van der Waals surface area contributed by atoms with Crippen LogP contribution in [0.2, 0.25) is 5.02 Å². The Labute approximate surface area is 115 Å². The van der Waals surface area contributed by atoms with E-state index in [1.165, 1.54) is 25.7 Å². The van der Waals surface area contributed by atoms with Crippen molar-refractivity contribution in [2.45, 2.75) is 39.2 Å². The highest BCUT2D eigenvalue weighted by Gasteiger charge is 2.17. The summed E-state index contributed by atoms with van der Waals surface area (Å²) in [4.78, 5) is 2.41. The molecule has 1 heterocycles. The van der Waals surface area contributed by atoms with Gasteiger partial charge in [-0.3, -0.25) is 4.90 Å². The molecule has 1 saturated heterocycles. The molecule has 0 aliphatic carbocycles. The maximum Gasteiger partial charge on any atom is 0.121 e. The van der Waals surface area contributed by atoms with Gasteiger partial charge in [-0.1, -0.05) is 31.0 Å². The predicted octanol–water partition coefficient (Wildman–Crippen LogP) is 4.06. The molecule has 0 spiro atoms. The molecule has 0 bridgehead atoms. The number of likely N-dealkylation sites (tertiary alicyclic amines) is 1. The van der Waals surface area contributed by atoms with E-state index >= 15 is 0 Å². The minimum absolute atomic E-state index is 0.318. The molecule has 0 amide bonds. The zero-order valence-corrected chi connectivity index (χ0v) is 11.8. The first-order valence-corrected chi connectivity index (χ1v) is 7.27. The number of benzene rings is 1. The lowest BCUT2D eigenvalue weighted by molar-refractivity contribution is 0.268. The van der Waals surface area contributed by atoms with E-state index in [4.69, 9.17) is 11.6 Å². The Hall–Kier alpha value is -0.730. The van der Waals surface area contributed by atoms with E-state index in [0.717, 1.165) is 31.1 Å². The number of hydrogen-bond acceptors (Lipinski definition) is 2. The first-order chi connectivity index (χ1) is 8.70. The molecular formula is C15H22ClNO. The van der Waals surface area contributed by atoms with Crippen molar-refractivity contribution in [3.05, 3.63) is 28.8 Å². The van der Waals surface area contributed by atoms with Gasteiger partial charge in [0.25, 0.3) is 0 Å². The van der Waals surface area contributed by atoms with Crippen LogP contribution in [0.1, 0.15) is 38.2 Å². The van der Waals surface area contributed by atoms with Crippen molar-refractivity contribution in [2.75, 3.05) is 13.1 Å². The summed E-state index contributed by atoms with van der Waals surface area (Å²) in [6.45, 7) is 5.27. The molecule has 1 N–H and O–H groups in total. The van der Waals surface area contributed by atoms with E-state index in [9.17, 15) is 5.11 Å². The van der Waals surface area contributed by atoms with Gasteiger partial charge in [-0.2, -0.15) is 0 Å². The van der Waals surface area contributed by atoms with Crippen molar-refractivity contribution < 1.29 is 5.11 Å². The van der Waals surface area contributed by atoms with Crippen molar-refractivity contribution in [2.24, 2.45) is 5.92 Å². The van der Waals surface area contributed by atoms with Crippen LogP contribution in [0.25, 0.3) is 0 Å². The number of phenolic OH excluding ortho intramolecular Hbond substituents is 1. The molecule has 0 radical (unpaired) electrons. The Kier molecular flexibility index (Phi) is 4.90. The molecule has 2 rings (SSSR count). The van der Waals surface area contributed by atoms with Gasteiger partial charge in [0, 0.05) is 17.1 Å². The molecule has 1 unspecified atom stereocenters. The molecule has 1 aliphatic rings. The Morgan fingerprint density at radius 3 is 2.89 bits per heavy atom. The lowest BCUT2D eigenvalue weighted by atomic mass is 9.98. The molecule has 0 saturated carbocycles. The molecular weight excluding hydrogens is 246 g/mol. The van der Waals surface area contributed by atoms with Crippen LogP contribution >= 0.6 is 11.6 Å². The number of nitrogens with zero attached hydrogens (tertiary/aromatic N) is 1. The van der Waals surface area contributed by atoms with Crippen LogP contribution in [-0.4, -0.2) is 23.1 Å². The number of hydrogen-bond donors (Lipinski definition) is 1. The summed E-state index contributed by atoms with van der Waals surface area (Å²) in [5, 5.41) is 10.6. The molecule has 2 nitrogen and oxygen atoms in total. The standard InChI is InChI=1S/C15H22ClNO/c1-2-12-5-4-9-17(10-8-12)11-13-14(16)6-3-7-15(13)18/h3,6-7,12,18H,2,4-5,8-11H2,1H3. The second-order valence-electron chi connectivity index (χ2n) is 5.22. The summed E-state index contributed by atoms with van der Waals surface area (Å²) in [5.41, 5.74) is 0.870. The van der Waals surface area contributed by atoms with E-state index in [2.05, 4.69) is 11.8 Å². The topological polar surface area (TPSA) is 23.5 Å². The minimum atomic E-state index is 0.318. The zero-order chi connectivity index (χ0) is 13.0. The third-order valence-electron chi connectivity index (χ3n) is 3.99. The molecule has 18 heavy (non-hydrogen) atoms. The van der Waals surface area contributed by atoms with Crippen LogP contribution in [-0.2, 0) is 6.54 Å². The average molecular weight is 268 g/mol. The summed E-state index contributed by atoms with van der Waals surface area (Å²) in [7, 11) is 0. The van der Waals surface area contributed by atoms with Gasteiger partial charge in [0.15, 0.2) is 0 Å². The van der Waals surface area contributed by atoms with Gasteiger partial charge in [-0.25, -0.2) is 0 Å². The van der Waals surface area contributed by atoms with Crippen molar-refractivity contribution >= 4 is 11.6 Å². The first kappa shape index (κ1) is 13.7. The van der Waals surface area contributed by atoms with Gasteiger partial charge in [0.05, 0.1) is 0 Å². The van der Waals surface area contributed by atoms with Gasteiger partial charge < -0.3 is 5.11 Å². The monoisotopic (exact) mass is 267 g/mol. The van der Waals surface area contributed by atoms with Gasteiger partial charge >= 0.3 is 0 Å². The molecule has 1 atom stereocenters. The smallest absolute Gasteiger partial charge is 0.121 e. The van der Waals surface area contributed by atoms with Crippen LogP contribution in [0.3, 0.4) is 0 Å². The second kappa shape index (κ2) is 6.44. The third kappa shape index (κ3) is 3.39. The van der Waals surface area contributed by atoms with E-state index in [-0.39, 0.29) is 0 Å². The Morgan fingerprint density at radius 1 is 1.33 bits per heavy atom. The summed E-state index contributed by atoms with van der Waals surface area (Å²) >= 11 is 6.16. The zero-order valence-electron chi connectivity index (χ0n) is 11.0. The molecule has 1 aromatic rings. The Balaban J connectivity index is 2.01. The van der Waals surface area contributed by atoms with Crippen molar-refractivity contribution in [1.29, 1.82) is 0 Å². The summed E-state index contributed by atoms with van der Waals surface area (Å²) in [6.07, 6.45) is 5.14. The lowest BCUT2D eigenvalue weighted by Gasteiger charge is -2.21. The highest BCUT2D eigenvalue weighted by molar-refractivity contribution is 6.31. The summed E-state index contributed by atoms with van der Waals surface area (Å²) in [6, 6.07) is 5.36. The highest BCUT2D eigenvalue weighted by atomic mass is 35.5. The lowest BCUT2D eigenvalue weighted by Crippen LogP contribution is -2.24. The van der Waals surface area contributed by atoms with Crippen molar-refractivity contribution in [1.82, 2.24) is 4.90 Å². The normalized spacial score (nSPS) is 21.8. The number of rotatable bonds is 3. The predicted molar refractivity (Wildman–Crippen MR) is 76.0 cm³/mol. The van der Waals surface area contributed by atoms with Crippen LogP contribution in [0.5, 0.6) is 5.75 Å². The fraction of sp³-hybridized carbons (Fsp3) is 0.600. The van der Waals surface area contributed by atoms with Gasteiger partial charge in [-0.05, 0) is 50.4 Å². The van der Waals surface area contributed by atoms with Crippen molar-refractivity contribution in [3.8, 4) is 5.75 Å². The Bertz CT molecular complexity index is 374. The third-order valence-corrected chi connectivity index (χ3v) is 4.35. The second-order valence-corrected chi connectivity index (χ2v) is 5.63. The number of aromatic hydroxyl groups is 1. The van der Waals surface area contributed by atoms with Gasteiger partial charge in [-0.15, -0.1) is 0 Å². The maximum atomic E-state index is 9.88. The maximum absolute atomic E-state index is 9.88. The molecule has 0 aromatic heterocycles. The van der Waals surface area contributed by atoms with E-state index in [1.54, 1.807) is 12.1 Å². The molecule has 3 heteroatoms. The number of phenols is 1. The van der Waals surface area contributed by atoms with Gasteiger partial charge in [0.1, 0.15) is 5.75 Å². The van der Waals surface area contributed by atoms with E-state index in [0.29, 0.717) is 10.8 Å². The Morgan fingerprint density at radius 2 is 2.17 bits per heavy atom. The van der Waals surface area contributed by atoms with Crippen LogP contribution in [0, 0.1) is 5.92 Å². The number of halogens is 1. The SMILES string of the molecule is CCC1CCCN(Cc2c(O)cccc2Cl)CC1. The summed E-state index contributed by atoms with van der Waals surface area (Å²) in [5.74, 6) is 1.19. The molecule has 1 fully saturated rings. The van der Waals surface area contributed by atoms with Gasteiger partial charge in [0.2, 0.25) is 0 Å². The van der Waals surface area contributed by atoms with E-state index < -0.39 is 0 Å². The average Bonchev–Trinajstić information content (AvgIpc) is 2.59. The molecule has 1 aromatic carbocycles. The van der Waals surface area contributed by atoms with Crippen LogP contribution < -0.4 is 0 Å². The fourth-order valence-corrected chi connectivity index (χ4v) is 2.95.